The molecule has 1 saturated heterocycles. The van der Waals surface area contributed by atoms with Crippen molar-refractivity contribution in [2.45, 2.75) is 38.1 Å². The van der Waals surface area contributed by atoms with Crippen molar-refractivity contribution >= 4 is 50.2 Å². The van der Waals surface area contributed by atoms with Crippen molar-refractivity contribution in [1.82, 2.24) is 15.0 Å². The van der Waals surface area contributed by atoms with Crippen molar-refractivity contribution < 1.29 is 4.79 Å². The Morgan fingerprint density at radius 3 is 2.68 bits per heavy atom. The number of hydrogen-bond donors (Lipinski definition) is 1. The molecule has 3 aromatic rings. The molecule has 0 spiro atoms. The van der Waals surface area contributed by atoms with Crippen LogP contribution in [0.4, 0.5) is 10.8 Å². The van der Waals surface area contributed by atoms with E-state index < -0.39 is 0 Å². The summed E-state index contributed by atoms with van der Waals surface area (Å²) in [6, 6.07) is 6.00. The highest BCUT2D eigenvalue weighted by molar-refractivity contribution is 8.00. The Morgan fingerprint density at radius 2 is 1.93 bits per heavy atom. The molecule has 1 aliphatic heterocycles. The van der Waals surface area contributed by atoms with E-state index in [-0.39, 0.29) is 5.91 Å². The van der Waals surface area contributed by atoms with Crippen molar-refractivity contribution in [3.05, 3.63) is 35.7 Å². The second-order valence-electron chi connectivity index (χ2n) is 6.98. The number of aromatic nitrogens is 3. The Labute approximate surface area is 172 Å². The second kappa shape index (κ2) is 8.45. The van der Waals surface area contributed by atoms with E-state index in [2.05, 4.69) is 20.2 Å². The van der Waals surface area contributed by atoms with Crippen molar-refractivity contribution in [2.75, 3.05) is 29.1 Å². The van der Waals surface area contributed by atoms with Gasteiger partial charge in [-0.05, 0) is 44.2 Å². The highest BCUT2D eigenvalue weighted by Crippen LogP contribution is 2.34. The maximum Gasteiger partial charge on any atom is 0.234 e. The molecule has 0 saturated carbocycles. The van der Waals surface area contributed by atoms with Gasteiger partial charge in [-0.1, -0.05) is 41.3 Å². The van der Waals surface area contributed by atoms with Gasteiger partial charge in [0.2, 0.25) is 5.91 Å². The first-order chi connectivity index (χ1) is 13.6. The molecule has 0 atom stereocenters. The van der Waals surface area contributed by atoms with Crippen LogP contribution < -0.4 is 10.2 Å². The van der Waals surface area contributed by atoms with Gasteiger partial charge in [-0.25, -0.2) is 9.97 Å². The van der Waals surface area contributed by atoms with Crippen molar-refractivity contribution in [1.29, 1.82) is 0 Å². The van der Waals surface area contributed by atoms with Crippen LogP contribution >= 0.6 is 23.1 Å². The fourth-order valence-electron chi connectivity index (χ4n) is 3.37. The number of benzene rings is 1. The van der Waals surface area contributed by atoms with Crippen LogP contribution in [-0.2, 0) is 4.79 Å². The van der Waals surface area contributed by atoms with Crippen molar-refractivity contribution in [2.24, 2.45) is 0 Å². The second-order valence-corrected chi connectivity index (χ2v) is 8.92. The molecule has 0 bridgehead atoms. The quantitative estimate of drug-likeness (QED) is 0.493. The Balaban J connectivity index is 1.47. The zero-order chi connectivity index (χ0) is 19.5. The number of piperidine rings is 1. The number of fused-ring (bicyclic) bond motifs is 1. The van der Waals surface area contributed by atoms with E-state index in [0.29, 0.717) is 5.75 Å². The van der Waals surface area contributed by atoms with Crippen molar-refractivity contribution in [3.8, 4) is 0 Å². The van der Waals surface area contributed by atoms with Gasteiger partial charge in [-0.2, -0.15) is 4.98 Å². The summed E-state index contributed by atoms with van der Waals surface area (Å²) in [7, 11) is 0. The number of nitrogens with zero attached hydrogens (tertiary/aromatic N) is 4. The third-order valence-corrected chi connectivity index (χ3v) is 7.09. The number of carbonyl (C=O) groups is 1. The molecule has 1 aliphatic rings. The van der Waals surface area contributed by atoms with E-state index in [1.165, 1.54) is 37.4 Å². The molecule has 4 rings (SSSR count). The van der Waals surface area contributed by atoms with E-state index in [0.717, 1.165) is 50.4 Å². The molecule has 6 nitrogen and oxygen atoms in total. The third-order valence-electron chi connectivity index (χ3n) is 4.86. The summed E-state index contributed by atoms with van der Waals surface area (Å²) in [6.07, 6.45) is 5.24. The molecule has 1 fully saturated rings. The SMILES string of the molecule is Cc1cccc(C)c1NC(=O)CSc1ncnc2nc(N3CCCCC3)sc12. The Hall–Kier alpha value is -2.19. The predicted octanol–water partition coefficient (Wildman–Crippen LogP) is 4.42. The number of amides is 1. The van der Waals surface area contributed by atoms with Crippen molar-refractivity contribution in [3.63, 3.8) is 0 Å². The minimum absolute atomic E-state index is 0.0325. The highest BCUT2D eigenvalue weighted by atomic mass is 32.2. The molecule has 146 valence electrons. The Kier molecular flexibility index (Phi) is 5.77. The monoisotopic (exact) mass is 413 g/mol. The van der Waals surface area contributed by atoms with Crippen LogP contribution in [-0.4, -0.2) is 39.7 Å². The lowest BCUT2D eigenvalue weighted by atomic mass is 10.1. The van der Waals surface area contributed by atoms with Gasteiger partial charge in [0.15, 0.2) is 10.8 Å². The molecule has 1 amide bonds. The molecule has 0 aliphatic carbocycles. The maximum absolute atomic E-state index is 12.5. The topological polar surface area (TPSA) is 71.0 Å². The molecule has 8 heteroatoms. The summed E-state index contributed by atoms with van der Waals surface area (Å²) in [4.78, 5) is 28.2. The van der Waals surface area contributed by atoms with Gasteiger partial charge in [-0.3, -0.25) is 4.79 Å². The number of anilines is 2. The van der Waals surface area contributed by atoms with Gasteiger partial charge in [0.1, 0.15) is 16.1 Å². The van der Waals surface area contributed by atoms with Crippen LogP contribution in [0, 0.1) is 13.8 Å². The maximum atomic E-state index is 12.5. The molecule has 2 aromatic heterocycles. The van der Waals surface area contributed by atoms with Gasteiger partial charge in [0.05, 0.1) is 5.75 Å². The standard InChI is InChI=1S/C20H23N5OS2/c1-13-7-6-8-14(2)16(13)23-15(26)11-27-19-17-18(21-12-22-19)24-20(28-17)25-9-4-3-5-10-25/h6-8,12H,3-5,9-11H2,1-2H3,(H,23,26). The summed E-state index contributed by atoms with van der Waals surface area (Å²) in [5.74, 6) is 0.270. The van der Waals surface area contributed by atoms with Crippen LogP contribution in [0.1, 0.15) is 30.4 Å². The lowest BCUT2D eigenvalue weighted by molar-refractivity contribution is -0.113. The first-order valence-electron chi connectivity index (χ1n) is 9.47. The number of nitrogens with one attached hydrogen (secondary N) is 1. The normalized spacial score (nSPS) is 14.4. The average molecular weight is 414 g/mol. The fourth-order valence-corrected chi connectivity index (χ4v) is 5.31. The van der Waals surface area contributed by atoms with Crippen LogP contribution in [0.5, 0.6) is 0 Å². The summed E-state index contributed by atoms with van der Waals surface area (Å²) >= 11 is 3.07. The van der Waals surface area contributed by atoms with Crippen LogP contribution in [0.2, 0.25) is 0 Å². The van der Waals surface area contributed by atoms with Gasteiger partial charge >= 0.3 is 0 Å². The van der Waals surface area contributed by atoms with Crippen LogP contribution in [0.15, 0.2) is 29.6 Å². The average Bonchev–Trinajstić information content (AvgIpc) is 3.15. The number of carbonyl (C=O) groups excluding carboxylic acids is 1. The number of hydrogen-bond acceptors (Lipinski definition) is 7. The van der Waals surface area contributed by atoms with Gasteiger partial charge in [-0.15, -0.1) is 0 Å². The number of rotatable bonds is 5. The summed E-state index contributed by atoms with van der Waals surface area (Å²) in [5, 5.41) is 4.86. The zero-order valence-electron chi connectivity index (χ0n) is 16.1. The van der Waals surface area contributed by atoms with E-state index in [4.69, 9.17) is 4.98 Å². The molecule has 0 radical (unpaired) electrons. The van der Waals surface area contributed by atoms with E-state index in [1.54, 1.807) is 11.3 Å². The summed E-state index contributed by atoms with van der Waals surface area (Å²) < 4.78 is 0.966. The molecule has 1 aromatic carbocycles. The minimum atomic E-state index is -0.0325. The molecular formula is C20H23N5OS2. The lowest BCUT2D eigenvalue weighted by Crippen LogP contribution is -2.29. The lowest BCUT2D eigenvalue weighted by Gasteiger charge is -2.25. The van der Waals surface area contributed by atoms with Crippen LogP contribution in [0.25, 0.3) is 10.3 Å². The first-order valence-corrected chi connectivity index (χ1v) is 11.3. The predicted molar refractivity (Wildman–Crippen MR) is 117 cm³/mol. The third kappa shape index (κ3) is 4.12. The van der Waals surface area contributed by atoms with E-state index >= 15 is 0 Å². The fraction of sp³-hybridized carbons (Fsp3) is 0.400. The first kappa shape index (κ1) is 19.1. The molecule has 3 heterocycles. The molecular weight excluding hydrogens is 390 g/mol. The Morgan fingerprint density at radius 1 is 1.18 bits per heavy atom. The number of para-hydroxylation sites is 1. The molecule has 28 heavy (non-hydrogen) atoms. The molecule has 0 unspecified atom stereocenters. The Bertz CT molecular complexity index is 977. The van der Waals surface area contributed by atoms with Gasteiger partial charge in [0.25, 0.3) is 0 Å². The number of thiazole rings is 1. The van der Waals surface area contributed by atoms with E-state index in [9.17, 15) is 4.79 Å². The zero-order valence-corrected chi connectivity index (χ0v) is 17.7. The number of thioether (sulfide) groups is 1. The van der Waals surface area contributed by atoms with E-state index in [1.807, 2.05) is 32.0 Å². The summed E-state index contributed by atoms with van der Waals surface area (Å²) in [5.41, 5.74) is 3.75. The van der Waals surface area contributed by atoms with Gasteiger partial charge in [0, 0.05) is 18.8 Å². The largest absolute Gasteiger partial charge is 0.348 e. The summed E-state index contributed by atoms with van der Waals surface area (Å²) in [6.45, 7) is 6.11. The molecule has 1 N–H and O–H groups in total. The van der Waals surface area contributed by atoms with Gasteiger partial charge < -0.3 is 10.2 Å². The highest BCUT2D eigenvalue weighted by Gasteiger charge is 2.18. The smallest absolute Gasteiger partial charge is 0.234 e. The minimum Gasteiger partial charge on any atom is -0.348 e. The number of aryl methyl sites for hydroxylation is 2. The van der Waals surface area contributed by atoms with Crippen LogP contribution in [0.3, 0.4) is 0 Å².